The van der Waals surface area contributed by atoms with Gasteiger partial charge in [0.1, 0.15) is 12.4 Å². The summed E-state index contributed by atoms with van der Waals surface area (Å²) in [6.07, 6.45) is 1.56. The number of rotatable bonds is 5. The van der Waals surface area contributed by atoms with Crippen LogP contribution in [0.5, 0.6) is 5.75 Å². The molecular weight excluding hydrogens is 322 g/mol. The summed E-state index contributed by atoms with van der Waals surface area (Å²) < 4.78 is 5.83. The Morgan fingerprint density at radius 2 is 2.23 bits per heavy atom. The van der Waals surface area contributed by atoms with Crippen molar-refractivity contribution >= 4 is 35.2 Å². The zero-order valence-electron chi connectivity index (χ0n) is 12.2. The molecule has 3 N–H and O–H groups in total. The van der Waals surface area contributed by atoms with Crippen LogP contribution >= 0.6 is 22.9 Å². The van der Waals surface area contributed by atoms with Gasteiger partial charge in [-0.05, 0) is 43.7 Å². The number of carbonyl (C=O) groups is 1. The van der Waals surface area contributed by atoms with E-state index in [2.05, 4.69) is 10.5 Å². The van der Waals surface area contributed by atoms with Crippen LogP contribution in [-0.2, 0) is 6.61 Å². The normalized spacial score (nSPS) is 10.9. The topological polar surface area (TPSA) is 76.7 Å². The zero-order valence-corrected chi connectivity index (χ0v) is 13.8. The number of ether oxygens (including phenoxy) is 1. The summed E-state index contributed by atoms with van der Waals surface area (Å²) in [7, 11) is 0. The molecule has 5 nitrogen and oxygen atoms in total. The number of hydrazone groups is 1. The first-order valence-corrected chi connectivity index (χ1v) is 7.72. The Labute approximate surface area is 137 Å². The first-order valence-electron chi connectivity index (χ1n) is 6.52. The van der Waals surface area contributed by atoms with E-state index >= 15 is 0 Å². The first-order chi connectivity index (χ1) is 10.5. The molecule has 116 valence electrons. The van der Waals surface area contributed by atoms with Crippen molar-refractivity contribution in [1.82, 2.24) is 5.43 Å². The fourth-order valence-electron chi connectivity index (χ4n) is 1.84. The number of benzene rings is 1. The quantitative estimate of drug-likeness (QED) is 0.646. The van der Waals surface area contributed by atoms with Crippen LogP contribution in [0, 0.1) is 13.8 Å². The van der Waals surface area contributed by atoms with Gasteiger partial charge in [-0.1, -0.05) is 11.6 Å². The van der Waals surface area contributed by atoms with E-state index in [9.17, 15) is 4.79 Å². The number of hydrogen-bond donors (Lipinski definition) is 2. The Kier molecular flexibility index (Phi) is 5.41. The van der Waals surface area contributed by atoms with Crippen LogP contribution in [0.1, 0.15) is 20.9 Å². The average Bonchev–Trinajstić information content (AvgIpc) is 2.78. The van der Waals surface area contributed by atoms with Gasteiger partial charge in [-0.2, -0.15) is 5.10 Å². The molecule has 22 heavy (non-hydrogen) atoms. The Morgan fingerprint density at radius 1 is 1.45 bits per heavy atom. The van der Waals surface area contributed by atoms with Crippen LogP contribution in [0.15, 0.2) is 29.4 Å². The van der Waals surface area contributed by atoms with E-state index in [1.807, 2.05) is 32.0 Å². The number of halogens is 1. The highest BCUT2D eigenvalue weighted by Gasteiger charge is 2.07. The average molecular weight is 338 g/mol. The van der Waals surface area contributed by atoms with Crippen LogP contribution in [0.3, 0.4) is 0 Å². The molecule has 2 aromatic rings. The molecule has 0 saturated carbocycles. The van der Waals surface area contributed by atoms with Crippen molar-refractivity contribution in [3.63, 3.8) is 0 Å². The molecule has 0 saturated heterocycles. The molecule has 0 aliphatic heterocycles. The van der Waals surface area contributed by atoms with Gasteiger partial charge in [0.05, 0.1) is 6.21 Å². The minimum absolute atomic E-state index is 0.460. The van der Waals surface area contributed by atoms with Crippen molar-refractivity contribution in [2.24, 2.45) is 10.8 Å². The third-order valence-electron chi connectivity index (χ3n) is 2.93. The van der Waals surface area contributed by atoms with Crippen LogP contribution in [0.25, 0.3) is 0 Å². The number of urea groups is 1. The van der Waals surface area contributed by atoms with Gasteiger partial charge in [0.2, 0.25) is 0 Å². The molecule has 7 heteroatoms. The van der Waals surface area contributed by atoms with E-state index in [0.29, 0.717) is 11.6 Å². The maximum atomic E-state index is 10.5. The molecule has 0 aliphatic rings. The highest BCUT2D eigenvalue weighted by Crippen LogP contribution is 2.25. The predicted molar refractivity (Wildman–Crippen MR) is 89.9 cm³/mol. The van der Waals surface area contributed by atoms with Gasteiger partial charge >= 0.3 is 6.03 Å². The fraction of sp³-hybridized carbons (Fsp3) is 0.200. The van der Waals surface area contributed by atoms with Gasteiger partial charge in [0, 0.05) is 20.3 Å². The molecule has 0 unspecified atom stereocenters. The maximum Gasteiger partial charge on any atom is 0.332 e. The molecule has 0 spiro atoms. The molecular formula is C15H16ClN3O2S. The summed E-state index contributed by atoms with van der Waals surface area (Å²) in [6, 6.07) is 6.81. The number of aryl methyl sites for hydroxylation is 2. The molecule has 0 atom stereocenters. The van der Waals surface area contributed by atoms with E-state index in [1.165, 1.54) is 0 Å². The van der Waals surface area contributed by atoms with E-state index in [0.717, 1.165) is 26.6 Å². The van der Waals surface area contributed by atoms with Gasteiger partial charge in [0.25, 0.3) is 0 Å². The minimum Gasteiger partial charge on any atom is -0.489 e. The Hall–Kier alpha value is -2.05. The second-order valence-electron chi connectivity index (χ2n) is 4.66. The molecule has 1 heterocycles. The number of nitrogens with zero attached hydrogens (tertiary/aromatic N) is 1. The van der Waals surface area contributed by atoms with Crippen molar-refractivity contribution in [3.05, 3.63) is 50.2 Å². The van der Waals surface area contributed by atoms with E-state index in [4.69, 9.17) is 22.1 Å². The Balaban J connectivity index is 2.02. The third-order valence-corrected chi connectivity index (χ3v) is 4.19. The number of thiophene rings is 1. The van der Waals surface area contributed by atoms with E-state index < -0.39 is 6.03 Å². The highest BCUT2D eigenvalue weighted by molar-refractivity contribution is 7.13. The SMILES string of the molecule is Cc1cc(Cl)ccc1OCc1cc(/C=N\NC(N)=O)sc1C. The molecule has 0 fully saturated rings. The lowest BCUT2D eigenvalue weighted by Crippen LogP contribution is -2.24. The van der Waals surface area contributed by atoms with Crippen molar-refractivity contribution in [2.75, 3.05) is 0 Å². The summed E-state index contributed by atoms with van der Waals surface area (Å²) in [5, 5.41) is 4.43. The monoisotopic (exact) mass is 337 g/mol. The molecule has 1 aromatic heterocycles. The number of amides is 2. The van der Waals surface area contributed by atoms with Crippen LogP contribution in [0.2, 0.25) is 5.02 Å². The second-order valence-corrected chi connectivity index (χ2v) is 6.39. The van der Waals surface area contributed by atoms with Crippen molar-refractivity contribution in [2.45, 2.75) is 20.5 Å². The van der Waals surface area contributed by atoms with Crippen molar-refractivity contribution in [1.29, 1.82) is 0 Å². The summed E-state index contributed by atoms with van der Waals surface area (Å²) in [4.78, 5) is 12.6. The number of carbonyl (C=O) groups excluding carboxylic acids is 1. The number of nitrogens with two attached hydrogens (primary N) is 1. The first kappa shape index (κ1) is 16.3. The number of primary amides is 1. The fourth-order valence-corrected chi connectivity index (χ4v) is 2.98. The zero-order chi connectivity index (χ0) is 16.1. The van der Waals surface area contributed by atoms with Gasteiger partial charge < -0.3 is 10.5 Å². The van der Waals surface area contributed by atoms with Crippen molar-refractivity contribution in [3.8, 4) is 5.75 Å². The Morgan fingerprint density at radius 3 is 2.91 bits per heavy atom. The molecule has 1 aromatic carbocycles. The highest BCUT2D eigenvalue weighted by atomic mass is 35.5. The molecule has 0 aliphatic carbocycles. The van der Waals surface area contributed by atoms with Crippen LogP contribution in [0.4, 0.5) is 4.79 Å². The van der Waals surface area contributed by atoms with Crippen molar-refractivity contribution < 1.29 is 9.53 Å². The molecule has 0 radical (unpaired) electrons. The smallest absolute Gasteiger partial charge is 0.332 e. The maximum absolute atomic E-state index is 10.5. The minimum atomic E-state index is -0.689. The third kappa shape index (κ3) is 4.47. The molecule has 2 rings (SSSR count). The summed E-state index contributed by atoms with van der Waals surface area (Å²) in [6.45, 7) is 4.42. The summed E-state index contributed by atoms with van der Waals surface area (Å²) in [5.41, 5.74) is 9.17. The standard InChI is InChI=1S/C15H16ClN3O2S/c1-9-5-12(16)3-4-14(9)21-8-11-6-13(22-10(11)2)7-18-19-15(17)20/h3-7H,8H2,1-2H3,(H3,17,19,20)/b18-7-. The van der Waals surface area contributed by atoms with E-state index in [1.54, 1.807) is 23.6 Å². The van der Waals surface area contributed by atoms with Gasteiger partial charge in [0.15, 0.2) is 0 Å². The lowest BCUT2D eigenvalue weighted by molar-refractivity contribution is 0.249. The number of nitrogens with one attached hydrogen (secondary N) is 1. The Bertz CT molecular complexity index is 713. The second kappa shape index (κ2) is 7.29. The largest absolute Gasteiger partial charge is 0.489 e. The lowest BCUT2D eigenvalue weighted by atomic mass is 10.2. The summed E-state index contributed by atoms with van der Waals surface area (Å²) >= 11 is 7.49. The van der Waals surface area contributed by atoms with Crippen LogP contribution in [-0.4, -0.2) is 12.2 Å². The van der Waals surface area contributed by atoms with Gasteiger partial charge in [-0.15, -0.1) is 11.3 Å². The lowest BCUT2D eigenvalue weighted by Gasteiger charge is -2.09. The molecule has 0 bridgehead atoms. The van der Waals surface area contributed by atoms with E-state index in [-0.39, 0.29) is 0 Å². The number of hydrogen-bond acceptors (Lipinski definition) is 4. The van der Waals surface area contributed by atoms with Crippen LogP contribution < -0.4 is 15.9 Å². The predicted octanol–water partition coefficient (Wildman–Crippen LogP) is 3.60. The molecule has 2 amide bonds. The summed E-state index contributed by atoms with van der Waals surface area (Å²) in [5.74, 6) is 0.806. The van der Waals surface area contributed by atoms with Gasteiger partial charge in [-0.25, -0.2) is 10.2 Å². The van der Waals surface area contributed by atoms with Gasteiger partial charge in [-0.3, -0.25) is 0 Å².